The lowest BCUT2D eigenvalue weighted by Gasteiger charge is -2.14. The van der Waals surface area contributed by atoms with Crippen molar-refractivity contribution in [1.29, 1.82) is 0 Å². The summed E-state index contributed by atoms with van der Waals surface area (Å²) >= 11 is 5.88. The zero-order valence-electron chi connectivity index (χ0n) is 14.9. The van der Waals surface area contributed by atoms with Crippen LogP contribution in [-0.4, -0.2) is 38.3 Å². The van der Waals surface area contributed by atoms with Gasteiger partial charge in [-0.05, 0) is 24.6 Å². The van der Waals surface area contributed by atoms with E-state index in [1.54, 1.807) is 24.4 Å². The first kappa shape index (κ1) is 19.7. The Balaban J connectivity index is 1.99. The normalized spacial score (nSPS) is 10.3. The molecule has 8 heteroatoms. The summed E-state index contributed by atoms with van der Waals surface area (Å²) in [5.74, 6) is 0.958. The van der Waals surface area contributed by atoms with E-state index in [1.165, 1.54) is 32.0 Å². The molecule has 1 heterocycles. The fraction of sp³-hybridized carbons (Fsp3) is 0.333. The van der Waals surface area contributed by atoms with Gasteiger partial charge in [0.25, 0.3) is 11.5 Å². The molecule has 2 aromatic rings. The number of methoxy groups -OCH3 is 3. The highest BCUT2D eigenvalue weighted by molar-refractivity contribution is 6.30. The highest BCUT2D eigenvalue weighted by Crippen LogP contribution is 2.38. The number of hydrogen-bond donors (Lipinski definition) is 1. The number of carbonyl (C=O) groups excluding carboxylic acids is 1. The molecule has 0 spiro atoms. The Morgan fingerprint density at radius 2 is 1.77 bits per heavy atom. The molecule has 2 rings (SSSR count). The Kier molecular flexibility index (Phi) is 6.91. The summed E-state index contributed by atoms with van der Waals surface area (Å²) in [4.78, 5) is 24.1. The highest BCUT2D eigenvalue weighted by Gasteiger charge is 2.16. The predicted molar refractivity (Wildman–Crippen MR) is 98.8 cm³/mol. The zero-order valence-corrected chi connectivity index (χ0v) is 15.6. The number of benzene rings is 1. The van der Waals surface area contributed by atoms with Crippen LogP contribution in [0.5, 0.6) is 17.2 Å². The van der Waals surface area contributed by atoms with Gasteiger partial charge in [-0.15, -0.1) is 0 Å². The average molecular weight is 381 g/mol. The average Bonchev–Trinajstić information content (AvgIpc) is 2.66. The van der Waals surface area contributed by atoms with Gasteiger partial charge in [0.2, 0.25) is 5.75 Å². The van der Waals surface area contributed by atoms with Crippen molar-refractivity contribution in [2.24, 2.45) is 0 Å². The number of amides is 1. The molecule has 0 bridgehead atoms. The molecule has 0 aliphatic heterocycles. The van der Waals surface area contributed by atoms with Crippen molar-refractivity contribution in [3.8, 4) is 17.2 Å². The van der Waals surface area contributed by atoms with Crippen molar-refractivity contribution < 1.29 is 19.0 Å². The summed E-state index contributed by atoms with van der Waals surface area (Å²) in [7, 11) is 4.47. The number of aromatic nitrogens is 1. The molecule has 7 nitrogen and oxygen atoms in total. The molecule has 0 aliphatic rings. The Morgan fingerprint density at radius 3 is 2.35 bits per heavy atom. The molecule has 140 valence electrons. The van der Waals surface area contributed by atoms with Crippen LogP contribution in [0, 0.1) is 0 Å². The molecular formula is C18H21ClN2O5. The van der Waals surface area contributed by atoms with Gasteiger partial charge in [-0.2, -0.15) is 0 Å². The van der Waals surface area contributed by atoms with E-state index in [9.17, 15) is 9.59 Å². The molecular weight excluding hydrogens is 360 g/mol. The first-order chi connectivity index (χ1) is 12.5. The van der Waals surface area contributed by atoms with E-state index < -0.39 is 0 Å². The molecule has 0 unspecified atom stereocenters. The van der Waals surface area contributed by atoms with Crippen LogP contribution in [0.15, 0.2) is 35.3 Å². The van der Waals surface area contributed by atoms with E-state index in [1.807, 2.05) is 0 Å². The first-order valence-corrected chi connectivity index (χ1v) is 8.32. The largest absolute Gasteiger partial charge is 0.493 e. The fourth-order valence-electron chi connectivity index (χ4n) is 2.44. The van der Waals surface area contributed by atoms with Crippen molar-refractivity contribution in [1.82, 2.24) is 9.88 Å². The minimum Gasteiger partial charge on any atom is -0.493 e. The lowest BCUT2D eigenvalue weighted by atomic mass is 10.1. The number of rotatable bonds is 8. The first-order valence-electron chi connectivity index (χ1n) is 7.94. The Bertz CT molecular complexity index is 810. The standard InChI is InChI=1S/C18H21ClN2O5/c1-24-14-9-12(10-15(25-2)17(14)26-3)18(23)20-7-4-8-21-11-13(19)5-6-16(21)22/h5-6,9-11H,4,7-8H2,1-3H3,(H,20,23). The van der Waals surface area contributed by atoms with Crippen molar-refractivity contribution in [3.63, 3.8) is 0 Å². The van der Waals surface area contributed by atoms with Crippen LogP contribution >= 0.6 is 11.6 Å². The van der Waals surface area contributed by atoms with Gasteiger partial charge in [0, 0.05) is 30.9 Å². The van der Waals surface area contributed by atoms with Crippen molar-refractivity contribution >= 4 is 17.5 Å². The van der Waals surface area contributed by atoms with Crippen LogP contribution in [-0.2, 0) is 6.54 Å². The zero-order chi connectivity index (χ0) is 19.1. The number of pyridine rings is 1. The second-order valence-corrected chi connectivity index (χ2v) is 5.84. The van der Waals surface area contributed by atoms with Gasteiger partial charge in [0.15, 0.2) is 11.5 Å². The Morgan fingerprint density at radius 1 is 1.12 bits per heavy atom. The molecule has 1 amide bonds. The van der Waals surface area contributed by atoms with Crippen LogP contribution in [0.1, 0.15) is 16.8 Å². The van der Waals surface area contributed by atoms with Crippen LogP contribution in [0.2, 0.25) is 5.02 Å². The van der Waals surface area contributed by atoms with Gasteiger partial charge < -0.3 is 24.1 Å². The van der Waals surface area contributed by atoms with Gasteiger partial charge in [-0.3, -0.25) is 9.59 Å². The van der Waals surface area contributed by atoms with Crippen molar-refractivity contribution in [2.75, 3.05) is 27.9 Å². The topological polar surface area (TPSA) is 78.8 Å². The van der Waals surface area contributed by atoms with Gasteiger partial charge >= 0.3 is 0 Å². The van der Waals surface area contributed by atoms with E-state index in [4.69, 9.17) is 25.8 Å². The maximum Gasteiger partial charge on any atom is 0.251 e. The number of nitrogens with zero attached hydrogens (tertiary/aromatic N) is 1. The minimum atomic E-state index is -0.275. The minimum absolute atomic E-state index is 0.134. The summed E-state index contributed by atoms with van der Waals surface area (Å²) in [5, 5.41) is 3.30. The molecule has 1 aromatic heterocycles. The highest BCUT2D eigenvalue weighted by atomic mass is 35.5. The van der Waals surface area contributed by atoms with Gasteiger partial charge in [0.05, 0.1) is 26.4 Å². The number of halogens is 1. The fourth-order valence-corrected chi connectivity index (χ4v) is 2.62. The third kappa shape index (κ3) is 4.70. The lowest BCUT2D eigenvalue weighted by molar-refractivity contribution is 0.0952. The van der Waals surface area contributed by atoms with Crippen molar-refractivity contribution in [2.45, 2.75) is 13.0 Å². The molecule has 0 aliphatic carbocycles. The van der Waals surface area contributed by atoms with Crippen LogP contribution in [0.4, 0.5) is 0 Å². The summed E-state index contributed by atoms with van der Waals surface area (Å²) < 4.78 is 17.2. The smallest absolute Gasteiger partial charge is 0.251 e. The molecule has 1 aromatic carbocycles. The SMILES string of the molecule is COc1cc(C(=O)NCCCn2cc(Cl)ccc2=O)cc(OC)c1OC. The number of ether oxygens (including phenoxy) is 3. The third-order valence-electron chi connectivity index (χ3n) is 3.74. The molecule has 0 saturated heterocycles. The number of hydrogen-bond acceptors (Lipinski definition) is 5. The summed E-state index contributed by atoms with van der Waals surface area (Å²) in [6.45, 7) is 0.851. The summed E-state index contributed by atoms with van der Waals surface area (Å²) in [6.07, 6.45) is 2.15. The molecule has 0 saturated carbocycles. The van der Waals surface area contributed by atoms with E-state index in [2.05, 4.69) is 5.32 Å². The maximum atomic E-state index is 12.4. The number of aryl methyl sites for hydroxylation is 1. The van der Waals surface area contributed by atoms with E-state index >= 15 is 0 Å². The summed E-state index contributed by atoms with van der Waals surface area (Å²) in [6, 6.07) is 6.12. The number of nitrogens with one attached hydrogen (secondary N) is 1. The van der Waals surface area contributed by atoms with Crippen LogP contribution in [0.25, 0.3) is 0 Å². The van der Waals surface area contributed by atoms with Crippen molar-refractivity contribution in [3.05, 3.63) is 51.4 Å². The van der Waals surface area contributed by atoms with E-state index in [-0.39, 0.29) is 11.5 Å². The van der Waals surface area contributed by atoms with E-state index in [0.29, 0.717) is 47.3 Å². The Hall–Kier alpha value is -2.67. The lowest BCUT2D eigenvalue weighted by Crippen LogP contribution is -2.27. The van der Waals surface area contributed by atoms with Gasteiger partial charge in [0.1, 0.15) is 0 Å². The third-order valence-corrected chi connectivity index (χ3v) is 3.96. The molecule has 0 fully saturated rings. The quantitative estimate of drug-likeness (QED) is 0.711. The number of carbonyl (C=O) groups is 1. The van der Waals surface area contributed by atoms with Gasteiger partial charge in [-0.1, -0.05) is 11.6 Å². The Labute approximate surface area is 156 Å². The van der Waals surface area contributed by atoms with Crippen LogP contribution < -0.4 is 25.1 Å². The molecule has 0 radical (unpaired) electrons. The second kappa shape index (κ2) is 9.15. The van der Waals surface area contributed by atoms with Crippen LogP contribution in [0.3, 0.4) is 0 Å². The monoisotopic (exact) mass is 380 g/mol. The summed E-state index contributed by atoms with van der Waals surface area (Å²) in [5.41, 5.74) is 0.254. The second-order valence-electron chi connectivity index (χ2n) is 5.40. The molecule has 26 heavy (non-hydrogen) atoms. The molecule has 0 atom stereocenters. The molecule has 1 N–H and O–H groups in total. The maximum absolute atomic E-state index is 12.4. The van der Waals surface area contributed by atoms with Gasteiger partial charge in [-0.25, -0.2) is 0 Å². The van der Waals surface area contributed by atoms with E-state index in [0.717, 1.165) is 0 Å². The predicted octanol–water partition coefficient (Wildman–Crippen LogP) is 2.35.